The van der Waals surface area contributed by atoms with Crippen LogP contribution in [0.1, 0.15) is 21.5 Å². The molecule has 0 aliphatic heterocycles. The predicted octanol–water partition coefficient (Wildman–Crippen LogP) is 3.09. The maximum atomic E-state index is 12.5. The van der Waals surface area contributed by atoms with E-state index in [0.29, 0.717) is 16.8 Å². The van der Waals surface area contributed by atoms with Gasteiger partial charge in [0.25, 0.3) is 0 Å². The van der Waals surface area contributed by atoms with Gasteiger partial charge in [0, 0.05) is 11.1 Å². The number of anilines is 1. The molecule has 1 amide bonds. The van der Waals surface area contributed by atoms with Gasteiger partial charge >= 0.3 is 0 Å². The average Bonchev–Trinajstić information content (AvgIpc) is 2.47. The number of nitrogens with one attached hydrogen (secondary N) is 1. The molecule has 0 aliphatic carbocycles. The standard InChI is InChI=1S/C16H15NO2S/c1-11-7-8-13(14(9-11)17-15(18)10-20)16(19)12-5-3-2-4-6-12/h2-9,20H,10H2,1H3,(H,17,18). The van der Waals surface area contributed by atoms with Crippen LogP contribution in [0.15, 0.2) is 48.5 Å². The molecule has 4 heteroatoms. The number of benzene rings is 2. The van der Waals surface area contributed by atoms with Crippen molar-refractivity contribution in [2.24, 2.45) is 0 Å². The summed E-state index contributed by atoms with van der Waals surface area (Å²) in [6.07, 6.45) is 0. The normalized spacial score (nSPS) is 10.1. The summed E-state index contributed by atoms with van der Waals surface area (Å²) in [5, 5.41) is 2.72. The highest BCUT2D eigenvalue weighted by atomic mass is 32.1. The van der Waals surface area contributed by atoms with Crippen LogP contribution < -0.4 is 5.32 Å². The Balaban J connectivity index is 2.40. The number of thiol groups is 1. The summed E-state index contributed by atoms with van der Waals surface area (Å²) in [6.45, 7) is 1.91. The second-order valence-electron chi connectivity index (χ2n) is 4.45. The van der Waals surface area contributed by atoms with E-state index >= 15 is 0 Å². The zero-order valence-electron chi connectivity index (χ0n) is 11.1. The number of carbonyl (C=O) groups excluding carboxylic acids is 2. The smallest absolute Gasteiger partial charge is 0.234 e. The van der Waals surface area contributed by atoms with Crippen molar-refractivity contribution >= 4 is 30.0 Å². The van der Waals surface area contributed by atoms with Crippen molar-refractivity contribution in [3.05, 3.63) is 65.2 Å². The Bertz CT molecular complexity index is 638. The number of hydrogen-bond acceptors (Lipinski definition) is 3. The molecule has 0 heterocycles. The molecule has 0 aromatic heterocycles. The summed E-state index contributed by atoms with van der Waals surface area (Å²) >= 11 is 3.93. The van der Waals surface area contributed by atoms with E-state index in [-0.39, 0.29) is 17.4 Å². The van der Waals surface area contributed by atoms with Crippen LogP contribution in [0.5, 0.6) is 0 Å². The molecule has 2 rings (SSSR count). The van der Waals surface area contributed by atoms with E-state index in [1.165, 1.54) is 0 Å². The van der Waals surface area contributed by atoms with Gasteiger partial charge in [-0.15, -0.1) is 0 Å². The number of aryl methyl sites for hydroxylation is 1. The molecular formula is C16H15NO2S. The Morgan fingerprint density at radius 3 is 2.45 bits per heavy atom. The van der Waals surface area contributed by atoms with Crippen molar-refractivity contribution in [3.63, 3.8) is 0 Å². The molecule has 3 nitrogen and oxygen atoms in total. The Morgan fingerprint density at radius 1 is 1.10 bits per heavy atom. The fourth-order valence-corrected chi connectivity index (χ4v) is 1.97. The Morgan fingerprint density at radius 2 is 1.80 bits per heavy atom. The minimum Gasteiger partial charge on any atom is -0.325 e. The van der Waals surface area contributed by atoms with Gasteiger partial charge < -0.3 is 5.32 Å². The number of hydrogen-bond donors (Lipinski definition) is 2. The number of amides is 1. The molecule has 1 N–H and O–H groups in total. The van der Waals surface area contributed by atoms with Crippen LogP contribution in [0.25, 0.3) is 0 Å². The number of rotatable bonds is 4. The average molecular weight is 285 g/mol. The first kappa shape index (κ1) is 14.3. The van der Waals surface area contributed by atoms with E-state index in [1.807, 2.05) is 31.2 Å². The molecule has 0 spiro atoms. The van der Waals surface area contributed by atoms with Crippen molar-refractivity contribution in [1.29, 1.82) is 0 Å². The van der Waals surface area contributed by atoms with Crippen LogP contribution in [0.4, 0.5) is 5.69 Å². The molecular weight excluding hydrogens is 270 g/mol. The van der Waals surface area contributed by atoms with E-state index in [2.05, 4.69) is 17.9 Å². The summed E-state index contributed by atoms with van der Waals surface area (Å²) in [6, 6.07) is 14.4. The molecule has 0 fully saturated rings. The van der Waals surface area contributed by atoms with Gasteiger partial charge in [0.05, 0.1) is 11.4 Å². The SMILES string of the molecule is Cc1ccc(C(=O)c2ccccc2)c(NC(=O)CS)c1. The third-order valence-electron chi connectivity index (χ3n) is 2.87. The molecule has 0 unspecified atom stereocenters. The monoisotopic (exact) mass is 285 g/mol. The molecule has 102 valence electrons. The van der Waals surface area contributed by atoms with E-state index in [4.69, 9.17) is 0 Å². The highest BCUT2D eigenvalue weighted by Gasteiger charge is 2.14. The van der Waals surface area contributed by atoms with Crippen LogP contribution in [-0.2, 0) is 4.79 Å². The van der Waals surface area contributed by atoms with Crippen LogP contribution in [-0.4, -0.2) is 17.4 Å². The lowest BCUT2D eigenvalue weighted by Crippen LogP contribution is -2.16. The van der Waals surface area contributed by atoms with Gasteiger partial charge in [0.2, 0.25) is 5.91 Å². The largest absolute Gasteiger partial charge is 0.325 e. The van der Waals surface area contributed by atoms with E-state index < -0.39 is 0 Å². The summed E-state index contributed by atoms with van der Waals surface area (Å²) in [5.74, 6) is -0.270. The van der Waals surface area contributed by atoms with Crippen molar-refractivity contribution in [1.82, 2.24) is 0 Å². The predicted molar refractivity (Wildman–Crippen MR) is 83.5 cm³/mol. The number of ketones is 1. The van der Waals surface area contributed by atoms with Crippen molar-refractivity contribution in [3.8, 4) is 0 Å². The van der Waals surface area contributed by atoms with Crippen molar-refractivity contribution in [2.45, 2.75) is 6.92 Å². The topological polar surface area (TPSA) is 46.2 Å². The van der Waals surface area contributed by atoms with E-state index in [0.717, 1.165) is 5.56 Å². The van der Waals surface area contributed by atoms with Gasteiger partial charge in [-0.1, -0.05) is 36.4 Å². The van der Waals surface area contributed by atoms with Gasteiger partial charge in [0.15, 0.2) is 5.78 Å². The molecule has 0 saturated heterocycles. The van der Waals surface area contributed by atoms with Crippen LogP contribution in [0, 0.1) is 6.92 Å². The first-order valence-corrected chi connectivity index (χ1v) is 6.86. The summed E-state index contributed by atoms with van der Waals surface area (Å²) in [7, 11) is 0. The maximum Gasteiger partial charge on any atom is 0.234 e. The van der Waals surface area contributed by atoms with Crippen LogP contribution in [0.3, 0.4) is 0 Å². The lowest BCUT2D eigenvalue weighted by Gasteiger charge is -2.11. The summed E-state index contributed by atoms with van der Waals surface area (Å²) < 4.78 is 0. The van der Waals surface area contributed by atoms with Crippen molar-refractivity contribution < 1.29 is 9.59 Å². The molecule has 20 heavy (non-hydrogen) atoms. The molecule has 0 radical (unpaired) electrons. The minimum absolute atomic E-state index is 0.0763. The molecule has 2 aromatic rings. The second kappa shape index (κ2) is 6.39. The van der Waals surface area contributed by atoms with Gasteiger partial charge in [0.1, 0.15) is 0 Å². The van der Waals surface area contributed by atoms with Gasteiger partial charge in [-0.05, 0) is 24.6 Å². The lowest BCUT2D eigenvalue weighted by molar-refractivity contribution is -0.113. The van der Waals surface area contributed by atoms with Crippen molar-refractivity contribution in [2.75, 3.05) is 11.1 Å². The summed E-state index contributed by atoms with van der Waals surface area (Å²) in [4.78, 5) is 24.0. The van der Waals surface area contributed by atoms with Gasteiger partial charge in [-0.25, -0.2) is 0 Å². The Hall–Kier alpha value is -2.07. The van der Waals surface area contributed by atoms with E-state index in [9.17, 15) is 9.59 Å². The Labute approximate surface area is 123 Å². The minimum atomic E-state index is -0.235. The third kappa shape index (κ3) is 3.27. The molecule has 0 aliphatic rings. The lowest BCUT2D eigenvalue weighted by atomic mass is 10.00. The highest BCUT2D eigenvalue weighted by Crippen LogP contribution is 2.21. The third-order valence-corrected chi connectivity index (χ3v) is 3.16. The second-order valence-corrected chi connectivity index (χ2v) is 4.77. The fourth-order valence-electron chi connectivity index (χ4n) is 1.89. The molecule has 0 bridgehead atoms. The highest BCUT2D eigenvalue weighted by molar-refractivity contribution is 7.81. The zero-order valence-corrected chi connectivity index (χ0v) is 12.0. The zero-order chi connectivity index (χ0) is 14.5. The maximum absolute atomic E-state index is 12.5. The fraction of sp³-hybridized carbons (Fsp3) is 0.125. The first-order chi connectivity index (χ1) is 9.61. The van der Waals surface area contributed by atoms with Gasteiger partial charge in [-0.2, -0.15) is 12.6 Å². The molecule has 0 saturated carbocycles. The first-order valence-electron chi connectivity index (χ1n) is 6.23. The van der Waals surface area contributed by atoms with Crippen LogP contribution >= 0.6 is 12.6 Å². The van der Waals surface area contributed by atoms with Gasteiger partial charge in [-0.3, -0.25) is 9.59 Å². The summed E-state index contributed by atoms with van der Waals surface area (Å²) in [5.41, 5.74) is 2.58. The Kier molecular flexibility index (Phi) is 4.58. The number of carbonyl (C=O) groups is 2. The van der Waals surface area contributed by atoms with E-state index in [1.54, 1.807) is 24.3 Å². The molecule has 2 aromatic carbocycles. The van der Waals surface area contributed by atoms with Crippen LogP contribution in [0.2, 0.25) is 0 Å². The molecule has 0 atom stereocenters. The quantitative estimate of drug-likeness (QED) is 0.670.